The van der Waals surface area contributed by atoms with Gasteiger partial charge in [0.05, 0.1) is 11.2 Å². The van der Waals surface area contributed by atoms with E-state index < -0.39 is 20.4 Å². The molecule has 11 heteroatoms. The lowest BCUT2D eigenvalue weighted by Gasteiger charge is -2.26. The zero-order valence-corrected chi connectivity index (χ0v) is 15.0. The molecule has 2 N–H and O–H groups in total. The summed E-state index contributed by atoms with van der Waals surface area (Å²) in [6, 6.07) is 10.8. The molecule has 0 aliphatic rings. The van der Waals surface area contributed by atoms with Gasteiger partial charge in [0.1, 0.15) is 5.52 Å². The second-order valence-electron chi connectivity index (χ2n) is 5.73. The van der Waals surface area contributed by atoms with E-state index in [1.165, 1.54) is 4.57 Å². The molecule has 3 aromatic rings. The van der Waals surface area contributed by atoms with Gasteiger partial charge in [0, 0.05) is 18.8 Å². The number of hydrogen-bond acceptors (Lipinski definition) is 5. The molecule has 0 saturated carbocycles. The molecule has 2 aromatic heterocycles. The van der Waals surface area contributed by atoms with Crippen molar-refractivity contribution in [3.63, 3.8) is 0 Å². The molecule has 0 amide bonds. The summed E-state index contributed by atoms with van der Waals surface area (Å²) < 4.78 is 26.2. The predicted octanol–water partition coefficient (Wildman–Crippen LogP) is 0.480. The Bertz CT molecular complexity index is 970. The zero-order chi connectivity index (χ0) is 18.2. The highest BCUT2D eigenvalue weighted by atomic mass is 31.2. The summed E-state index contributed by atoms with van der Waals surface area (Å²) in [5.74, 6) is 0. The van der Waals surface area contributed by atoms with Crippen LogP contribution < -0.4 is 9.46 Å². The summed E-state index contributed by atoms with van der Waals surface area (Å²) >= 11 is 0. The van der Waals surface area contributed by atoms with Gasteiger partial charge in [0.25, 0.3) is 0 Å². The number of aromatic nitrogens is 4. The first-order chi connectivity index (χ1) is 11.7. The van der Waals surface area contributed by atoms with Crippen LogP contribution in [0.4, 0.5) is 0 Å². The molecule has 25 heavy (non-hydrogen) atoms. The summed E-state index contributed by atoms with van der Waals surface area (Å²) in [6.45, 7) is 0.578. The first-order valence-corrected chi connectivity index (χ1v) is 11.1. The lowest BCUT2D eigenvalue weighted by atomic mass is 10.3. The SMILES string of the molecule is CP(=O)(O)C(C[n+]1ccc(-n2nnc3ccccc32)cc1)P(=O)([O-])O. The van der Waals surface area contributed by atoms with Crippen LogP contribution in [-0.4, -0.2) is 36.8 Å². The number of benzene rings is 1. The van der Waals surface area contributed by atoms with Crippen molar-refractivity contribution in [2.24, 2.45) is 0 Å². The Hall–Kier alpha value is -1.89. The van der Waals surface area contributed by atoms with Crippen molar-refractivity contribution in [3.05, 3.63) is 48.8 Å². The molecule has 0 radical (unpaired) electrons. The van der Waals surface area contributed by atoms with Gasteiger partial charge in [-0.3, -0.25) is 4.57 Å². The summed E-state index contributed by atoms with van der Waals surface area (Å²) in [5.41, 5.74) is 2.24. The van der Waals surface area contributed by atoms with Gasteiger partial charge in [-0.2, -0.15) is 0 Å². The average Bonchev–Trinajstić information content (AvgIpc) is 2.95. The zero-order valence-electron chi connectivity index (χ0n) is 13.2. The van der Waals surface area contributed by atoms with Crippen LogP contribution in [0.15, 0.2) is 48.8 Å². The Kier molecular flexibility index (Phi) is 4.62. The molecular weight excluding hydrogens is 366 g/mol. The molecule has 0 fully saturated rings. The van der Waals surface area contributed by atoms with Crippen LogP contribution >= 0.6 is 15.0 Å². The van der Waals surface area contributed by atoms with Crippen LogP contribution in [0.25, 0.3) is 16.7 Å². The van der Waals surface area contributed by atoms with Gasteiger partial charge in [-0.25, -0.2) is 9.25 Å². The molecule has 2 heterocycles. The second-order valence-corrected chi connectivity index (χ2v) is 10.4. The fourth-order valence-electron chi connectivity index (χ4n) is 2.49. The van der Waals surface area contributed by atoms with Gasteiger partial charge in [-0.15, -0.1) is 5.10 Å². The van der Waals surface area contributed by atoms with Gasteiger partial charge in [-0.1, -0.05) is 17.3 Å². The average molecular weight is 382 g/mol. The molecule has 0 spiro atoms. The van der Waals surface area contributed by atoms with E-state index in [2.05, 4.69) is 10.3 Å². The van der Waals surface area contributed by atoms with E-state index in [4.69, 9.17) is 0 Å². The van der Waals surface area contributed by atoms with Crippen molar-refractivity contribution in [2.75, 3.05) is 6.66 Å². The highest BCUT2D eigenvalue weighted by Crippen LogP contribution is 2.57. The fourth-order valence-corrected chi connectivity index (χ4v) is 5.54. The van der Waals surface area contributed by atoms with Gasteiger partial charge in [0.15, 0.2) is 31.9 Å². The Morgan fingerprint density at radius 3 is 2.44 bits per heavy atom. The molecule has 0 saturated heterocycles. The maximum absolute atomic E-state index is 11.8. The third kappa shape index (κ3) is 3.86. The van der Waals surface area contributed by atoms with Crippen LogP contribution in [0, 0.1) is 0 Å². The third-order valence-electron chi connectivity index (χ3n) is 3.77. The summed E-state index contributed by atoms with van der Waals surface area (Å²) in [6.07, 6.45) is 3.09. The molecule has 132 valence electrons. The van der Waals surface area contributed by atoms with Crippen molar-refractivity contribution in [1.82, 2.24) is 15.0 Å². The first kappa shape index (κ1) is 17.9. The molecule has 3 rings (SSSR count). The Labute approximate surface area is 143 Å². The smallest absolute Gasteiger partial charge is 0.215 e. The monoisotopic (exact) mass is 382 g/mol. The Balaban J connectivity index is 1.90. The van der Waals surface area contributed by atoms with Gasteiger partial charge in [0.2, 0.25) is 7.37 Å². The van der Waals surface area contributed by atoms with Gasteiger partial charge in [-0.05, 0) is 12.1 Å². The van der Waals surface area contributed by atoms with E-state index in [0.717, 1.165) is 17.7 Å². The van der Waals surface area contributed by atoms with E-state index in [9.17, 15) is 23.8 Å². The van der Waals surface area contributed by atoms with Crippen LogP contribution in [0.3, 0.4) is 0 Å². The summed E-state index contributed by atoms with van der Waals surface area (Å²) in [7, 11) is -9.00. The van der Waals surface area contributed by atoms with Gasteiger partial charge >= 0.3 is 0 Å². The quantitative estimate of drug-likeness (QED) is 0.484. The second kappa shape index (κ2) is 6.44. The number of pyridine rings is 1. The van der Waals surface area contributed by atoms with Gasteiger partial charge < -0.3 is 19.2 Å². The molecule has 3 unspecified atom stereocenters. The summed E-state index contributed by atoms with van der Waals surface area (Å²) in [5, 5.41) is 6.37. The largest absolute Gasteiger partial charge is 0.778 e. The Morgan fingerprint density at radius 1 is 1.20 bits per heavy atom. The number of nitrogens with zero attached hydrogens (tertiary/aromatic N) is 4. The number of fused-ring (bicyclic) bond motifs is 1. The van der Waals surface area contributed by atoms with Crippen molar-refractivity contribution in [2.45, 2.75) is 11.9 Å². The lowest BCUT2D eigenvalue weighted by Crippen LogP contribution is -2.40. The lowest BCUT2D eigenvalue weighted by molar-refractivity contribution is -0.694. The third-order valence-corrected chi connectivity index (χ3v) is 8.12. The molecule has 0 bridgehead atoms. The van der Waals surface area contributed by atoms with E-state index in [-0.39, 0.29) is 6.54 Å². The molecule has 9 nitrogen and oxygen atoms in total. The molecule has 0 aliphatic heterocycles. The minimum Gasteiger partial charge on any atom is -0.778 e. The minimum atomic E-state index is -4.97. The first-order valence-electron chi connectivity index (χ1n) is 7.29. The Morgan fingerprint density at radius 2 is 1.84 bits per heavy atom. The standard InChI is InChI=1S/C14H16N4O5P2/c1-24(19,20)14(25(21,22)23)10-17-8-6-11(7-9-17)18-13-5-3-2-4-12(13)15-16-18/h2-9,14H,10H2,1H3,(H2-,19,20,21,22,23). The predicted molar refractivity (Wildman–Crippen MR) is 88.4 cm³/mol. The van der Waals surface area contributed by atoms with E-state index >= 15 is 0 Å². The fraction of sp³-hybridized carbons (Fsp3) is 0.214. The van der Waals surface area contributed by atoms with Crippen LogP contribution in [0.2, 0.25) is 0 Å². The van der Waals surface area contributed by atoms with Crippen molar-refractivity contribution >= 4 is 26.0 Å². The van der Waals surface area contributed by atoms with E-state index in [1.54, 1.807) is 29.2 Å². The van der Waals surface area contributed by atoms with E-state index in [1.807, 2.05) is 24.3 Å². The van der Waals surface area contributed by atoms with Crippen LogP contribution in [0.5, 0.6) is 0 Å². The van der Waals surface area contributed by atoms with Crippen molar-refractivity contribution in [1.29, 1.82) is 0 Å². The molecule has 1 aromatic carbocycles. The molecule has 3 atom stereocenters. The summed E-state index contributed by atoms with van der Waals surface area (Å²) in [4.78, 5) is 30.2. The maximum Gasteiger partial charge on any atom is 0.215 e. The highest BCUT2D eigenvalue weighted by Gasteiger charge is 2.37. The number of hydrogen-bond donors (Lipinski definition) is 2. The molecular formula is C14H16N4O5P2. The van der Waals surface area contributed by atoms with Crippen LogP contribution in [-0.2, 0) is 15.7 Å². The van der Waals surface area contributed by atoms with Crippen LogP contribution in [0.1, 0.15) is 0 Å². The molecule has 0 aliphatic carbocycles. The van der Waals surface area contributed by atoms with Crippen molar-refractivity contribution in [3.8, 4) is 5.69 Å². The highest BCUT2D eigenvalue weighted by molar-refractivity contribution is 7.72. The van der Waals surface area contributed by atoms with E-state index in [0.29, 0.717) is 5.69 Å². The number of rotatable bonds is 5. The van der Waals surface area contributed by atoms with Crippen molar-refractivity contribution < 1.29 is 28.4 Å². The maximum atomic E-state index is 11.8. The topological polar surface area (TPSA) is 132 Å². The normalized spacial score (nSPS) is 17.8. The minimum absolute atomic E-state index is 0.333. The number of para-hydroxylation sites is 1.